The Hall–Kier alpha value is -3.52. The van der Waals surface area contributed by atoms with E-state index in [2.05, 4.69) is 15.6 Å². The maximum atomic E-state index is 13.4. The van der Waals surface area contributed by atoms with Crippen LogP contribution in [-0.2, 0) is 25.7 Å². The summed E-state index contributed by atoms with van der Waals surface area (Å²) in [5, 5.41) is 5.66. The molecule has 31 heavy (non-hydrogen) atoms. The van der Waals surface area contributed by atoms with Gasteiger partial charge in [0.2, 0.25) is 17.7 Å². The van der Waals surface area contributed by atoms with Crippen molar-refractivity contribution in [2.45, 2.75) is 25.2 Å². The van der Waals surface area contributed by atoms with Crippen LogP contribution in [0.5, 0.6) is 0 Å². The average Bonchev–Trinajstić information content (AvgIpc) is 3.41. The fourth-order valence-electron chi connectivity index (χ4n) is 4.75. The third-order valence-electron chi connectivity index (χ3n) is 6.12. The Morgan fingerprint density at radius 3 is 2.65 bits per heavy atom. The predicted molar refractivity (Wildman–Crippen MR) is 113 cm³/mol. The maximum Gasteiger partial charge on any atom is 0.234 e. The molecule has 4 heterocycles. The van der Waals surface area contributed by atoms with Gasteiger partial charge in [0.1, 0.15) is 5.60 Å². The van der Waals surface area contributed by atoms with Crippen LogP contribution in [0.25, 0.3) is 0 Å². The van der Waals surface area contributed by atoms with E-state index in [0.717, 1.165) is 5.56 Å². The minimum Gasteiger partial charge on any atom is -0.360 e. The summed E-state index contributed by atoms with van der Waals surface area (Å²) in [5.74, 6) is -1.59. The minimum absolute atomic E-state index is 0.122. The largest absolute Gasteiger partial charge is 0.360 e. The molecule has 2 N–H and O–H groups in total. The van der Waals surface area contributed by atoms with E-state index in [0.29, 0.717) is 24.5 Å². The first-order valence-corrected chi connectivity index (χ1v) is 10.2. The number of rotatable bonds is 5. The van der Waals surface area contributed by atoms with Crippen molar-refractivity contribution in [2.24, 2.45) is 11.8 Å². The number of carbonyl (C=O) groups excluding carboxylic acids is 3. The highest BCUT2D eigenvalue weighted by molar-refractivity contribution is 6.03. The molecule has 2 bridgehead atoms. The van der Waals surface area contributed by atoms with Crippen molar-refractivity contribution in [2.75, 3.05) is 16.8 Å². The van der Waals surface area contributed by atoms with Gasteiger partial charge in [0, 0.05) is 37.2 Å². The van der Waals surface area contributed by atoms with Gasteiger partial charge >= 0.3 is 0 Å². The van der Waals surface area contributed by atoms with Crippen molar-refractivity contribution in [1.29, 1.82) is 0 Å². The number of nitrogens with zero attached hydrogens (tertiary/aromatic N) is 2. The zero-order valence-corrected chi connectivity index (χ0v) is 16.9. The summed E-state index contributed by atoms with van der Waals surface area (Å²) < 4.78 is 6.17. The van der Waals surface area contributed by atoms with Crippen molar-refractivity contribution < 1.29 is 19.1 Å². The van der Waals surface area contributed by atoms with Gasteiger partial charge in [-0.1, -0.05) is 12.2 Å². The summed E-state index contributed by atoms with van der Waals surface area (Å²) in [6, 6.07) is 10.8. The zero-order valence-electron chi connectivity index (χ0n) is 16.9. The number of carbonyl (C=O) groups is 3. The number of amides is 3. The number of hydrogen-bond donors (Lipinski definition) is 2. The van der Waals surface area contributed by atoms with Crippen LogP contribution in [0.4, 0.5) is 11.4 Å². The lowest BCUT2D eigenvalue weighted by molar-refractivity contribution is -0.132. The van der Waals surface area contributed by atoms with Crippen LogP contribution in [0, 0.1) is 11.8 Å². The van der Waals surface area contributed by atoms with Crippen LogP contribution in [0.2, 0.25) is 0 Å². The molecular formula is C23H22N4O4. The third kappa shape index (κ3) is 3.29. The summed E-state index contributed by atoms with van der Waals surface area (Å²) in [7, 11) is 0. The van der Waals surface area contributed by atoms with E-state index in [-0.39, 0.29) is 17.7 Å². The second-order valence-electron chi connectivity index (χ2n) is 8.13. The van der Waals surface area contributed by atoms with E-state index in [4.69, 9.17) is 4.74 Å². The summed E-state index contributed by atoms with van der Waals surface area (Å²) >= 11 is 0. The molecule has 3 aliphatic heterocycles. The van der Waals surface area contributed by atoms with E-state index in [1.165, 1.54) is 6.92 Å². The highest BCUT2D eigenvalue weighted by Gasteiger charge is 2.67. The summed E-state index contributed by atoms with van der Waals surface area (Å²) in [4.78, 5) is 43.3. The molecule has 0 unspecified atom stereocenters. The molecule has 1 aromatic carbocycles. The van der Waals surface area contributed by atoms with E-state index >= 15 is 0 Å². The van der Waals surface area contributed by atoms with Gasteiger partial charge in [-0.2, -0.15) is 0 Å². The lowest BCUT2D eigenvalue weighted by Crippen LogP contribution is -2.43. The molecule has 0 radical (unpaired) electrons. The van der Waals surface area contributed by atoms with Crippen LogP contribution < -0.4 is 15.5 Å². The standard InChI is InChI=1S/C23H22N4O4/c1-14(28)26-16-2-4-17(5-3-16)27-13-23-9-6-18(31-23)19(20(23)22(27)30)21(29)25-12-15-7-10-24-11-8-15/h2-11,18-20H,12-13H2,1H3,(H,25,29)(H,26,28)/t18-,19+,20+,23-/m1/s1. The number of ether oxygens (including phenoxy) is 1. The van der Waals surface area contributed by atoms with Gasteiger partial charge in [0.05, 0.1) is 24.5 Å². The molecule has 2 fully saturated rings. The minimum atomic E-state index is -0.781. The Morgan fingerprint density at radius 1 is 1.19 bits per heavy atom. The molecule has 8 heteroatoms. The number of fused-ring (bicyclic) bond motifs is 1. The van der Waals surface area contributed by atoms with Gasteiger partial charge in [-0.15, -0.1) is 0 Å². The van der Waals surface area contributed by atoms with Crippen LogP contribution in [0.15, 0.2) is 60.9 Å². The first kappa shape index (κ1) is 19.4. The molecule has 2 saturated heterocycles. The summed E-state index contributed by atoms with van der Waals surface area (Å²) in [6.45, 7) is 2.17. The quantitative estimate of drug-likeness (QED) is 0.719. The molecule has 8 nitrogen and oxygen atoms in total. The molecule has 5 rings (SSSR count). The zero-order chi connectivity index (χ0) is 21.6. The molecule has 1 spiro atoms. The Labute approximate surface area is 179 Å². The summed E-state index contributed by atoms with van der Waals surface area (Å²) in [5.41, 5.74) is 1.53. The van der Waals surface area contributed by atoms with E-state index < -0.39 is 23.5 Å². The Balaban J connectivity index is 1.34. The lowest BCUT2D eigenvalue weighted by Gasteiger charge is -2.23. The van der Waals surface area contributed by atoms with Crippen molar-refractivity contribution in [3.8, 4) is 0 Å². The Kier molecular flexibility index (Phi) is 4.59. The van der Waals surface area contributed by atoms with Gasteiger partial charge in [-0.05, 0) is 42.0 Å². The number of benzene rings is 1. The molecule has 3 aliphatic rings. The van der Waals surface area contributed by atoms with Crippen molar-refractivity contribution in [3.05, 3.63) is 66.5 Å². The van der Waals surface area contributed by atoms with E-state index in [1.54, 1.807) is 41.6 Å². The molecule has 158 valence electrons. The molecular weight excluding hydrogens is 396 g/mol. The monoisotopic (exact) mass is 418 g/mol. The first-order valence-electron chi connectivity index (χ1n) is 10.2. The fourth-order valence-corrected chi connectivity index (χ4v) is 4.75. The van der Waals surface area contributed by atoms with Crippen LogP contribution >= 0.6 is 0 Å². The molecule has 3 amide bonds. The second kappa shape index (κ2) is 7.31. The molecule has 0 aliphatic carbocycles. The lowest BCUT2D eigenvalue weighted by atomic mass is 9.77. The highest BCUT2D eigenvalue weighted by atomic mass is 16.5. The Bertz CT molecular complexity index is 1070. The summed E-state index contributed by atoms with van der Waals surface area (Å²) in [6.07, 6.45) is 6.78. The van der Waals surface area contributed by atoms with E-state index in [1.807, 2.05) is 24.3 Å². The number of aromatic nitrogens is 1. The third-order valence-corrected chi connectivity index (χ3v) is 6.12. The molecule has 1 aromatic heterocycles. The van der Waals surface area contributed by atoms with Crippen LogP contribution in [0.3, 0.4) is 0 Å². The molecule has 0 saturated carbocycles. The highest BCUT2D eigenvalue weighted by Crippen LogP contribution is 2.52. The number of hydrogen-bond acceptors (Lipinski definition) is 5. The normalized spacial score (nSPS) is 28.0. The van der Waals surface area contributed by atoms with Gasteiger partial charge < -0.3 is 20.3 Å². The molecule has 2 aromatic rings. The number of anilines is 2. The van der Waals surface area contributed by atoms with Gasteiger partial charge in [0.25, 0.3) is 0 Å². The fraction of sp³-hybridized carbons (Fsp3) is 0.304. The second-order valence-corrected chi connectivity index (χ2v) is 8.13. The van der Waals surface area contributed by atoms with Crippen molar-refractivity contribution >= 4 is 29.1 Å². The van der Waals surface area contributed by atoms with Crippen molar-refractivity contribution in [1.82, 2.24) is 10.3 Å². The van der Waals surface area contributed by atoms with Gasteiger partial charge in [-0.3, -0.25) is 19.4 Å². The maximum absolute atomic E-state index is 13.4. The van der Waals surface area contributed by atoms with Gasteiger partial charge in [0.15, 0.2) is 0 Å². The predicted octanol–water partition coefficient (Wildman–Crippen LogP) is 1.64. The van der Waals surface area contributed by atoms with Crippen LogP contribution in [-0.4, -0.2) is 41.0 Å². The smallest absolute Gasteiger partial charge is 0.234 e. The first-order chi connectivity index (χ1) is 15.0. The Morgan fingerprint density at radius 2 is 1.94 bits per heavy atom. The van der Waals surface area contributed by atoms with Crippen molar-refractivity contribution in [3.63, 3.8) is 0 Å². The van der Waals surface area contributed by atoms with E-state index in [9.17, 15) is 14.4 Å². The topological polar surface area (TPSA) is 101 Å². The molecule has 4 atom stereocenters. The number of nitrogens with one attached hydrogen (secondary N) is 2. The van der Waals surface area contributed by atoms with Crippen LogP contribution in [0.1, 0.15) is 12.5 Å². The number of pyridine rings is 1. The average molecular weight is 418 g/mol. The SMILES string of the molecule is CC(=O)Nc1ccc(N2C[C@@]34C=C[C@@H](O3)[C@H](C(=O)NCc3ccncc3)[C@H]4C2=O)cc1. The van der Waals surface area contributed by atoms with Gasteiger partial charge in [-0.25, -0.2) is 0 Å².